The Balaban J connectivity index is 1.63. The molecule has 3 rings (SSSR count). The molecule has 2 fully saturated rings. The van der Waals surface area contributed by atoms with Gasteiger partial charge in [-0.2, -0.15) is 4.31 Å². The average Bonchev–Trinajstić information content (AvgIpc) is 3.22. The first-order valence-corrected chi connectivity index (χ1v) is 12.5. The van der Waals surface area contributed by atoms with Gasteiger partial charge in [0.05, 0.1) is 4.90 Å². The Morgan fingerprint density at radius 2 is 1.86 bits per heavy atom. The molecule has 6 nitrogen and oxygen atoms in total. The van der Waals surface area contributed by atoms with Crippen molar-refractivity contribution in [1.82, 2.24) is 14.5 Å². The topological polar surface area (TPSA) is 69.7 Å². The van der Waals surface area contributed by atoms with Gasteiger partial charge in [0.2, 0.25) is 15.9 Å². The summed E-state index contributed by atoms with van der Waals surface area (Å²) in [5, 5.41) is 3.08. The molecule has 2 aliphatic rings. The maximum absolute atomic E-state index is 13.1. The van der Waals surface area contributed by atoms with Crippen molar-refractivity contribution >= 4 is 15.9 Å². The second-order valence-corrected chi connectivity index (χ2v) is 10.3. The fourth-order valence-electron chi connectivity index (χ4n) is 4.42. The zero-order valence-electron chi connectivity index (χ0n) is 17.8. The van der Waals surface area contributed by atoms with E-state index < -0.39 is 16.1 Å². The fraction of sp³-hybridized carbons (Fsp3) is 0.682. The molecule has 0 spiro atoms. The Hall–Kier alpha value is -1.44. The largest absolute Gasteiger partial charge is 0.353 e. The Morgan fingerprint density at radius 3 is 2.59 bits per heavy atom. The van der Waals surface area contributed by atoms with Gasteiger partial charge < -0.3 is 5.32 Å². The van der Waals surface area contributed by atoms with Crippen molar-refractivity contribution in [2.24, 2.45) is 0 Å². The summed E-state index contributed by atoms with van der Waals surface area (Å²) in [5.74, 6) is -0.154. The molecular formula is C22H35N3O3S. The number of nitrogens with zero attached hydrogens (tertiary/aromatic N) is 2. The van der Waals surface area contributed by atoms with Crippen LogP contribution in [0.15, 0.2) is 29.2 Å². The Kier molecular flexibility index (Phi) is 7.71. The summed E-state index contributed by atoms with van der Waals surface area (Å²) < 4.78 is 27.5. The monoisotopic (exact) mass is 421 g/mol. The maximum Gasteiger partial charge on any atom is 0.243 e. The highest BCUT2D eigenvalue weighted by Crippen LogP contribution is 2.26. The molecule has 1 aromatic rings. The number of amides is 1. The molecule has 7 heteroatoms. The van der Waals surface area contributed by atoms with Crippen molar-refractivity contribution in [1.29, 1.82) is 0 Å². The summed E-state index contributed by atoms with van der Waals surface area (Å²) in [6, 6.07) is 6.62. The van der Waals surface area contributed by atoms with Gasteiger partial charge in [0.1, 0.15) is 6.04 Å². The van der Waals surface area contributed by atoms with E-state index in [0.717, 1.165) is 31.5 Å². The van der Waals surface area contributed by atoms with E-state index in [-0.39, 0.29) is 10.8 Å². The number of aryl methyl sites for hydroxylation is 1. The molecule has 162 valence electrons. The molecule has 0 bridgehead atoms. The van der Waals surface area contributed by atoms with Crippen molar-refractivity contribution in [3.8, 4) is 0 Å². The van der Waals surface area contributed by atoms with Gasteiger partial charge in [-0.05, 0) is 64.3 Å². The SMILES string of the molecule is CCCCN1CCCCC1CNC(=O)[C@@H]1CCCN1S(=O)(=O)c1ccc(C)cc1. The Morgan fingerprint density at radius 1 is 1.10 bits per heavy atom. The highest BCUT2D eigenvalue weighted by Gasteiger charge is 2.39. The van der Waals surface area contributed by atoms with Crippen LogP contribution >= 0.6 is 0 Å². The average molecular weight is 422 g/mol. The molecule has 1 amide bonds. The van der Waals surface area contributed by atoms with E-state index >= 15 is 0 Å². The van der Waals surface area contributed by atoms with Gasteiger partial charge in [0, 0.05) is 19.1 Å². The molecule has 1 N–H and O–H groups in total. The molecule has 1 aromatic carbocycles. The van der Waals surface area contributed by atoms with E-state index in [0.29, 0.717) is 25.6 Å². The first kappa shape index (κ1) is 22.2. The van der Waals surface area contributed by atoms with Crippen LogP contribution < -0.4 is 5.32 Å². The summed E-state index contributed by atoms with van der Waals surface area (Å²) in [6.45, 7) is 7.31. The number of nitrogens with one attached hydrogen (secondary N) is 1. The van der Waals surface area contributed by atoms with Gasteiger partial charge in [-0.3, -0.25) is 9.69 Å². The number of carbonyl (C=O) groups excluding carboxylic acids is 1. The molecule has 0 aliphatic carbocycles. The standard InChI is InChI=1S/C22H35N3O3S/c1-3-4-14-24-15-6-5-8-19(24)17-23-22(26)21-9-7-16-25(21)29(27,28)20-12-10-18(2)11-13-20/h10-13,19,21H,3-9,14-17H2,1-2H3,(H,23,26)/t19?,21-/m0/s1. The normalized spacial score (nSPS) is 23.9. The highest BCUT2D eigenvalue weighted by atomic mass is 32.2. The minimum absolute atomic E-state index is 0.154. The number of sulfonamides is 1. The molecule has 0 aromatic heterocycles. The second-order valence-electron chi connectivity index (χ2n) is 8.37. The maximum atomic E-state index is 13.1. The van der Waals surface area contributed by atoms with E-state index in [1.807, 2.05) is 6.92 Å². The summed E-state index contributed by atoms with van der Waals surface area (Å²) in [7, 11) is -3.65. The molecular weight excluding hydrogens is 386 g/mol. The lowest BCUT2D eigenvalue weighted by molar-refractivity contribution is -0.124. The fourth-order valence-corrected chi connectivity index (χ4v) is 6.07. The molecule has 29 heavy (non-hydrogen) atoms. The smallest absolute Gasteiger partial charge is 0.243 e. The minimum atomic E-state index is -3.65. The molecule has 1 unspecified atom stereocenters. The molecule has 2 atom stereocenters. The second kappa shape index (κ2) is 10.0. The van der Waals surface area contributed by atoms with E-state index in [2.05, 4.69) is 17.1 Å². The van der Waals surface area contributed by atoms with Crippen LogP contribution in [0.5, 0.6) is 0 Å². The Labute approximate surface area is 175 Å². The Bertz CT molecular complexity index is 779. The van der Waals surface area contributed by atoms with Gasteiger partial charge in [-0.15, -0.1) is 0 Å². The van der Waals surface area contributed by atoms with Crippen molar-refractivity contribution in [2.45, 2.75) is 75.8 Å². The predicted octanol–water partition coefficient (Wildman–Crippen LogP) is 2.92. The van der Waals surface area contributed by atoms with Crippen LogP contribution in [0.1, 0.15) is 57.4 Å². The summed E-state index contributed by atoms with van der Waals surface area (Å²) in [5.41, 5.74) is 1.01. The zero-order valence-corrected chi connectivity index (χ0v) is 18.6. The number of rotatable bonds is 8. The lowest BCUT2D eigenvalue weighted by atomic mass is 10.0. The summed E-state index contributed by atoms with van der Waals surface area (Å²) in [6.07, 6.45) is 7.16. The number of carbonyl (C=O) groups is 1. The summed E-state index contributed by atoms with van der Waals surface area (Å²) >= 11 is 0. The number of unbranched alkanes of at least 4 members (excludes halogenated alkanes) is 1. The van der Waals surface area contributed by atoms with Crippen molar-refractivity contribution in [3.63, 3.8) is 0 Å². The third-order valence-corrected chi connectivity index (χ3v) is 8.12. The van der Waals surface area contributed by atoms with Crippen LogP contribution in [0.4, 0.5) is 0 Å². The molecule has 2 aliphatic heterocycles. The third kappa shape index (κ3) is 5.38. The first-order valence-electron chi connectivity index (χ1n) is 11.0. The van der Waals surface area contributed by atoms with Crippen LogP contribution in [-0.4, -0.2) is 61.8 Å². The quantitative estimate of drug-likeness (QED) is 0.701. The third-order valence-electron chi connectivity index (χ3n) is 6.19. The molecule has 2 heterocycles. The van der Waals surface area contributed by atoms with Crippen LogP contribution in [0.25, 0.3) is 0 Å². The van der Waals surface area contributed by atoms with Gasteiger partial charge in [0.15, 0.2) is 0 Å². The molecule has 0 saturated carbocycles. The van der Waals surface area contributed by atoms with Crippen molar-refractivity contribution < 1.29 is 13.2 Å². The number of benzene rings is 1. The first-order chi connectivity index (χ1) is 13.9. The number of piperidine rings is 1. The van der Waals surface area contributed by atoms with Crippen LogP contribution in [-0.2, 0) is 14.8 Å². The van der Waals surface area contributed by atoms with Crippen molar-refractivity contribution in [3.05, 3.63) is 29.8 Å². The molecule has 0 radical (unpaired) electrons. The number of hydrogen-bond donors (Lipinski definition) is 1. The zero-order chi connectivity index (χ0) is 20.9. The van der Waals surface area contributed by atoms with E-state index in [1.165, 1.54) is 30.0 Å². The van der Waals surface area contributed by atoms with Gasteiger partial charge in [0.25, 0.3) is 0 Å². The van der Waals surface area contributed by atoms with Crippen LogP contribution in [0.3, 0.4) is 0 Å². The molecule has 2 saturated heterocycles. The highest BCUT2D eigenvalue weighted by molar-refractivity contribution is 7.89. The van der Waals surface area contributed by atoms with Gasteiger partial charge in [-0.1, -0.05) is 37.5 Å². The lowest BCUT2D eigenvalue weighted by Gasteiger charge is -2.36. The van der Waals surface area contributed by atoms with Crippen LogP contribution in [0.2, 0.25) is 0 Å². The summed E-state index contributed by atoms with van der Waals surface area (Å²) in [4.78, 5) is 15.7. The minimum Gasteiger partial charge on any atom is -0.353 e. The van der Waals surface area contributed by atoms with E-state index in [9.17, 15) is 13.2 Å². The van der Waals surface area contributed by atoms with Crippen LogP contribution in [0, 0.1) is 6.92 Å². The van der Waals surface area contributed by atoms with Gasteiger partial charge in [-0.25, -0.2) is 8.42 Å². The lowest BCUT2D eigenvalue weighted by Crippen LogP contribution is -2.51. The number of likely N-dealkylation sites (tertiary alicyclic amines) is 1. The van der Waals surface area contributed by atoms with Crippen molar-refractivity contribution in [2.75, 3.05) is 26.2 Å². The van der Waals surface area contributed by atoms with Gasteiger partial charge >= 0.3 is 0 Å². The van der Waals surface area contributed by atoms with E-state index in [4.69, 9.17) is 0 Å². The predicted molar refractivity (Wildman–Crippen MR) is 115 cm³/mol. The number of hydrogen-bond acceptors (Lipinski definition) is 4. The van der Waals surface area contributed by atoms with E-state index in [1.54, 1.807) is 24.3 Å².